The molecule has 2 aromatic heterocycles. The van der Waals surface area contributed by atoms with Crippen molar-refractivity contribution < 1.29 is 4.74 Å². The van der Waals surface area contributed by atoms with Crippen molar-refractivity contribution in [1.29, 1.82) is 0 Å². The van der Waals surface area contributed by atoms with E-state index >= 15 is 0 Å². The van der Waals surface area contributed by atoms with Gasteiger partial charge in [0.1, 0.15) is 11.3 Å². The van der Waals surface area contributed by atoms with Crippen molar-refractivity contribution in [1.82, 2.24) is 19.8 Å². The van der Waals surface area contributed by atoms with E-state index in [9.17, 15) is 0 Å². The fourth-order valence-electron chi connectivity index (χ4n) is 1.96. The zero-order valence-corrected chi connectivity index (χ0v) is 11.2. The molecular formula is C13H11ClN4O. The molecule has 5 nitrogen and oxygen atoms in total. The molecule has 0 amide bonds. The number of aryl methyl sites for hydroxylation is 1. The quantitative estimate of drug-likeness (QED) is 0.721. The average Bonchev–Trinajstić information content (AvgIpc) is 2.90. The molecule has 0 aliphatic heterocycles. The molecule has 2 heterocycles. The summed E-state index contributed by atoms with van der Waals surface area (Å²) in [6, 6.07) is 7.67. The van der Waals surface area contributed by atoms with Crippen molar-refractivity contribution in [2.24, 2.45) is 0 Å². The first-order chi connectivity index (χ1) is 9.20. The summed E-state index contributed by atoms with van der Waals surface area (Å²) in [6.07, 6.45) is 1.66. The smallest absolute Gasteiger partial charge is 0.187 e. The molecule has 0 bridgehead atoms. The van der Waals surface area contributed by atoms with Gasteiger partial charge in [0.2, 0.25) is 0 Å². The van der Waals surface area contributed by atoms with E-state index in [0.717, 1.165) is 16.9 Å². The van der Waals surface area contributed by atoms with Gasteiger partial charge in [0.15, 0.2) is 11.0 Å². The fraction of sp³-hybridized carbons (Fsp3) is 0.154. The molecule has 0 N–H and O–H groups in total. The van der Waals surface area contributed by atoms with Crippen molar-refractivity contribution in [3.63, 3.8) is 0 Å². The van der Waals surface area contributed by atoms with Crippen LogP contribution in [0.3, 0.4) is 0 Å². The molecule has 0 aliphatic rings. The Morgan fingerprint density at radius 2 is 2.05 bits per heavy atom. The highest BCUT2D eigenvalue weighted by Gasteiger charge is 2.14. The molecule has 19 heavy (non-hydrogen) atoms. The van der Waals surface area contributed by atoms with Crippen molar-refractivity contribution in [3.8, 4) is 17.1 Å². The van der Waals surface area contributed by atoms with Crippen LogP contribution in [0, 0.1) is 6.92 Å². The van der Waals surface area contributed by atoms with Gasteiger partial charge in [-0.1, -0.05) is 17.7 Å². The number of ether oxygens (including phenoxy) is 1. The molecule has 0 unspecified atom stereocenters. The second-order valence-electron chi connectivity index (χ2n) is 4.15. The van der Waals surface area contributed by atoms with Crippen LogP contribution in [0.25, 0.3) is 16.9 Å². The molecule has 0 saturated carbocycles. The second-order valence-corrected chi connectivity index (χ2v) is 4.50. The molecule has 1 aromatic carbocycles. The summed E-state index contributed by atoms with van der Waals surface area (Å²) in [5.74, 6) is 1.33. The maximum atomic E-state index is 5.99. The van der Waals surface area contributed by atoms with Crippen LogP contribution in [0.2, 0.25) is 5.15 Å². The third kappa shape index (κ3) is 1.92. The topological polar surface area (TPSA) is 52.3 Å². The van der Waals surface area contributed by atoms with Gasteiger partial charge in [0, 0.05) is 0 Å². The molecule has 0 aliphatic carbocycles. The molecule has 0 fully saturated rings. The van der Waals surface area contributed by atoms with Gasteiger partial charge < -0.3 is 4.74 Å². The third-order valence-electron chi connectivity index (χ3n) is 2.89. The molecule has 3 aromatic rings. The predicted octanol–water partition coefficient (Wildman–Crippen LogP) is 2.76. The molecule has 0 saturated heterocycles. The van der Waals surface area contributed by atoms with Crippen molar-refractivity contribution in [3.05, 3.63) is 41.2 Å². The fourth-order valence-corrected chi connectivity index (χ4v) is 2.15. The van der Waals surface area contributed by atoms with E-state index in [2.05, 4.69) is 15.3 Å². The van der Waals surface area contributed by atoms with E-state index < -0.39 is 0 Å². The van der Waals surface area contributed by atoms with E-state index in [1.54, 1.807) is 23.9 Å². The van der Waals surface area contributed by atoms with E-state index in [1.165, 1.54) is 0 Å². The first kappa shape index (κ1) is 11.9. The lowest BCUT2D eigenvalue weighted by Gasteiger charge is -2.09. The van der Waals surface area contributed by atoms with E-state index in [1.807, 2.05) is 25.1 Å². The summed E-state index contributed by atoms with van der Waals surface area (Å²) >= 11 is 5.99. The van der Waals surface area contributed by atoms with E-state index in [-0.39, 0.29) is 0 Å². The van der Waals surface area contributed by atoms with Crippen LogP contribution in [0.1, 0.15) is 5.56 Å². The molecular weight excluding hydrogens is 264 g/mol. The summed E-state index contributed by atoms with van der Waals surface area (Å²) in [6.45, 7) is 2.00. The van der Waals surface area contributed by atoms with Gasteiger partial charge in [0.25, 0.3) is 0 Å². The predicted molar refractivity (Wildman–Crippen MR) is 72.5 cm³/mol. The van der Waals surface area contributed by atoms with Crippen molar-refractivity contribution >= 4 is 17.1 Å². The Morgan fingerprint density at radius 3 is 2.84 bits per heavy atom. The lowest BCUT2D eigenvalue weighted by Crippen LogP contribution is -2.02. The van der Waals surface area contributed by atoms with Crippen LogP contribution in [0.4, 0.5) is 0 Å². The normalized spacial score (nSPS) is 10.9. The Morgan fingerprint density at radius 1 is 1.21 bits per heavy atom. The summed E-state index contributed by atoms with van der Waals surface area (Å²) < 4.78 is 7.05. The number of aromatic nitrogens is 4. The standard InChI is InChI=1S/C13H11ClN4O/c1-8-3-4-9(11(7-8)19-2)13-17-16-12(14)10-5-6-15-18(10)13/h3-7H,1-2H3. The number of methoxy groups -OCH3 is 1. The summed E-state index contributed by atoms with van der Waals surface area (Å²) in [5.41, 5.74) is 2.65. The maximum Gasteiger partial charge on any atom is 0.187 e. The Hall–Kier alpha value is -2.14. The van der Waals surface area contributed by atoms with Crippen LogP contribution < -0.4 is 4.74 Å². The zero-order chi connectivity index (χ0) is 13.4. The Kier molecular flexibility index (Phi) is 2.83. The van der Waals surface area contributed by atoms with Gasteiger partial charge in [-0.3, -0.25) is 0 Å². The summed E-state index contributed by atoms with van der Waals surface area (Å²) in [7, 11) is 1.63. The first-order valence-corrected chi connectivity index (χ1v) is 6.09. The molecule has 0 spiro atoms. The minimum absolute atomic E-state index is 0.326. The lowest BCUT2D eigenvalue weighted by molar-refractivity contribution is 0.415. The molecule has 0 atom stereocenters. The Labute approximate surface area is 114 Å². The van der Waals surface area contributed by atoms with Crippen LogP contribution in [0.5, 0.6) is 5.75 Å². The minimum atomic E-state index is 0.326. The molecule has 0 radical (unpaired) electrons. The number of hydrogen-bond acceptors (Lipinski definition) is 4. The third-order valence-corrected chi connectivity index (χ3v) is 3.15. The van der Waals surface area contributed by atoms with Gasteiger partial charge in [-0.15, -0.1) is 10.2 Å². The van der Waals surface area contributed by atoms with Crippen LogP contribution in [0.15, 0.2) is 30.5 Å². The summed E-state index contributed by atoms with van der Waals surface area (Å²) in [4.78, 5) is 0. The number of hydrogen-bond donors (Lipinski definition) is 0. The van der Waals surface area contributed by atoms with Gasteiger partial charge in [-0.05, 0) is 30.7 Å². The molecule has 6 heteroatoms. The van der Waals surface area contributed by atoms with Gasteiger partial charge in [-0.25, -0.2) is 4.52 Å². The van der Waals surface area contributed by atoms with Crippen LogP contribution in [-0.4, -0.2) is 26.9 Å². The van der Waals surface area contributed by atoms with Gasteiger partial charge in [-0.2, -0.15) is 5.10 Å². The van der Waals surface area contributed by atoms with Crippen LogP contribution >= 0.6 is 11.6 Å². The van der Waals surface area contributed by atoms with E-state index in [4.69, 9.17) is 16.3 Å². The van der Waals surface area contributed by atoms with Gasteiger partial charge in [0.05, 0.1) is 18.9 Å². The van der Waals surface area contributed by atoms with Crippen LogP contribution in [-0.2, 0) is 0 Å². The zero-order valence-electron chi connectivity index (χ0n) is 10.5. The monoisotopic (exact) mass is 274 g/mol. The van der Waals surface area contributed by atoms with Crippen molar-refractivity contribution in [2.45, 2.75) is 6.92 Å². The number of halogens is 1. The number of fused-ring (bicyclic) bond motifs is 1. The molecule has 3 rings (SSSR count). The average molecular weight is 275 g/mol. The highest BCUT2D eigenvalue weighted by atomic mass is 35.5. The highest BCUT2D eigenvalue weighted by Crippen LogP contribution is 2.30. The van der Waals surface area contributed by atoms with E-state index in [0.29, 0.717) is 16.5 Å². The SMILES string of the molecule is COc1cc(C)ccc1-c1nnc(Cl)c2ccnn12. The first-order valence-electron chi connectivity index (χ1n) is 5.71. The van der Waals surface area contributed by atoms with Crippen molar-refractivity contribution in [2.75, 3.05) is 7.11 Å². The highest BCUT2D eigenvalue weighted by molar-refractivity contribution is 6.32. The number of benzene rings is 1. The Bertz CT molecular complexity index is 753. The maximum absolute atomic E-state index is 5.99. The number of nitrogens with zero attached hydrogens (tertiary/aromatic N) is 4. The van der Waals surface area contributed by atoms with Gasteiger partial charge >= 0.3 is 0 Å². The summed E-state index contributed by atoms with van der Waals surface area (Å²) in [5, 5.41) is 12.6. The lowest BCUT2D eigenvalue weighted by atomic mass is 10.1. The minimum Gasteiger partial charge on any atom is -0.496 e. The number of rotatable bonds is 2. The Balaban J connectivity index is 2.30. The second kappa shape index (κ2) is 4.51. The largest absolute Gasteiger partial charge is 0.496 e. The molecule has 96 valence electrons.